The first-order valence-corrected chi connectivity index (χ1v) is 10.7. The van der Waals surface area contributed by atoms with Crippen LogP contribution in [0.4, 0.5) is 5.69 Å². The van der Waals surface area contributed by atoms with Gasteiger partial charge in [0.2, 0.25) is 0 Å². The van der Waals surface area contributed by atoms with Crippen LogP contribution in [-0.2, 0) is 4.74 Å². The van der Waals surface area contributed by atoms with Gasteiger partial charge in [-0.15, -0.1) is 5.10 Å². The lowest BCUT2D eigenvalue weighted by molar-refractivity contribution is 0.102. The molecular formula is C25H23ClN4O3. The highest BCUT2D eigenvalue weighted by molar-refractivity contribution is 6.31. The number of hydrogen-bond donors (Lipinski definition) is 1. The number of halogens is 1. The highest BCUT2D eigenvalue weighted by Gasteiger charge is 2.15. The molecule has 0 saturated carbocycles. The van der Waals surface area contributed by atoms with Gasteiger partial charge in [0.05, 0.1) is 12.3 Å². The molecular weight excluding hydrogens is 440 g/mol. The van der Waals surface area contributed by atoms with Crippen molar-refractivity contribution in [1.82, 2.24) is 14.8 Å². The highest BCUT2D eigenvalue weighted by Crippen LogP contribution is 2.25. The maximum absolute atomic E-state index is 12.5. The Morgan fingerprint density at radius 2 is 1.79 bits per heavy atom. The highest BCUT2D eigenvalue weighted by atomic mass is 35.5. The largest absolute Gasteiger partial charge is 0.460 e. The van der Waals surface area contributed by atoms with Crippen molar-refractivity contribution in [3.05, 3.63) is 88.9 Å². The Kier molecular flexibility index (Phi) is 7.02. The number of hydrogen-bond acceptors (Lipinski definition) is 5. The minimum absolute atomic E-state index is 0.236. The summed E-state index contributed by atoms with van der Waals surface area (Å²) in [6.45, 7) is 2.82. The quantitative estimate of drug-likeness (QED) is 0.365. The summed E-state index contributed by atoms with van der Waals surface area (Å²) in [5.74, 6) is 0.415. The third kappa shape index (κ3) is 5.58. The molecule has 0 unspecified atom stereocenters. The van der Waals surface area contributed by atoms with E-state index in [0.29, 0.717) is 35.3 Å². The van der Waals surface area contributed by atoms with Gasteiger partial charge in [-0.2, -0.15) is 4.98 Å². The van der Waals surface area contributed by atoms with Crippen molar-refractivity contribution in [1.29, 1.82) is 0 Å². The van der Waals surface area contributed by atoms with Crippen LogP contribution >= 0.6 is 11.6 Å². The number of amides is 1. The molecule has 0 aliphatic carbocycles. The Balaban J connectivity index is 1.59. The molecule has 8 heteroatoms. The van der Waals surface area contributed by atoms with E-state index in [0.717, 1.165) is 16.8 Å². The molecule has 7 nitrogen and oxygen atoms in total. The second kappa shape index (κ2) is 10.3. The molecule has 168 valence electrons. The summed E-state index contributed by atoms with van der Waals surface area (Å²) in [4.78, 5) is 17.1. The summed E-state index contributed by atoms with van der Waals surface area (Å²) in [5, 5.41) is 7.91. The zero-order valence-electron chi connectivity index (χ0n) is 18.3. The number of rotatable bonds is 8. The van der Waals surface area contributed by atoms with Gasteiger partial charge in [-0.3, -0.25) is 4.79 Å². The lowest BCUT2D eigenvalue weighted by atomic mass is 10.1. The van der Waals surface area contributed by atoms with Crippen LogP contribution < -0.4 is 10.1 Å². The number of nitrogens with one attached hydrogen (secondary N) is 1. The van der Waals surface area contributed by atoms with E-state index in [1.165, 1.54) is 0 Å². The Morgan fingerprint density at radius 3 is 2.48 bits per heavy atom. The van der Waals surface area contributed by atoms with Crippen LogP contribution in [-0.4, -0.2) is 41.0 Å². The van der Waals surface area contributed by atoms with E-state index in [9.17, 15) is 4.79 Å². The van der Waals surface area contributed by atoms with Crippen LogP contribution in [0.15, 0.2) is 72.8 Å². The first-order chi connectivity index (χ1) is 16.0. The van der Waals surface area contributed by atoms with Gasteiger partial charge in [0.25, 0.3) is 5.91 Å². The van der Waals surface area contributed by atoms with Crippen molar-refractivity contribution in [2.24, 2.45) is 0 Å². The number of anilines is 1. The molecule has 0 saturated heterocycles. The molecule has 0 spiro atoms. The Hall–Kier alpha value is -3.68. The molecule has 0 aliphatic heterocycles. The fourth-order valence-corrected chi connectivity index (χ4v) is 3.35. The van der Waals surface area contributed by atoms with Crippen LogP contribution in [0.25, 0.3) is 17.1 Å². The molecule has 4 rings (SSSR count). The molecule has 0 bridgehead atoms. The molecule has 0 aliphatic rings. The SMILES string of the molecule is COCCOc1nc(-c2ccc(C)cc2)n(-c2ccc(NC(=O)c3cccc(Cl)c3)cc2)n1. The average molecular weight is 463 g/mol. The van der Waals surface area contributed by atoms with Crippen LogP contribution in [0.1, 0.15) is 15.9 Å². The van der Waals surface area contributed by atoms with E-state index in [-0.39, 0.29) is 11.9 Å². The maximum Gasteiger partial charge on any atom is 0.336 e. The number of methoxy groups -OCH3 is 1. The molecule has 0 radical (unpaired) electrons. The van der Waals surface area contributed by atoms with Gasteiger partial charge in [0.15, 0.2) is 5.82 Å². The second-order valence-electron chi connectivity index (χ2n) is 7.35. The van der Waals surface area contributed by atoms with E-state index in [2.05, 4.69) is 15.4 Å². The zero-order valence-corrected chi connectivity index (χ0v) is 19.0. The minimum atomic E-state index is -0.236. The number of ether oxygens (including phenoxy) is 2. The summed E-state index contributed by atoms with van der Waals surface area (Å²) in [5.41, 5.74) is 3.98. The van der Waals surface area contributed by atoms with Gasteiger partial charge in [0.1, 0.15) is 6.61 Å². The van der Waals surface area contributed by atoms with Crippen molar-refractivity contribution in [3.63, 3.8) is 0 Å². The van der Waals surface area contributed by atoms with E-state index in [1.807, 2.05) is 55.5 Å². The predicted molar refractivity (Wildman–Crippen MR) is 128 cm³/mol. The fraction of sp³-hybridized carbons (Fsp3) is 0.160. The molecule has 1 aromatic heterocycles. The fourth-order valence-electron chi connectivity index (χ4n) is 3.16. The van der Waals surface area contributed by atoms with Gasteiger partial charge in [0, 0.05) is 28.9 Å². The summed E-state index contributed by atoms with van der Waals surface area (Å²) < 4.78 is 12.4. The topological polar surface area (TPSA) is 78.3 Å². The van der Waals surface area contributed by atoms with Crippen LogP contribution in [0, 0.1) is 6.92 Å². The van der Waals surface area contributed by atoms with E-state index >= 15 is 0 Å². The summed E-state index contributed by atoms with van der Waals surface area (Å²) in [6, 6.07) is 22.4. The lowest BCUT2D eigenvalue weighted by Crippen LogP contribution is -2.11. The molecule has 3 aromatic carbocycles. The summed E-state index contributed by atoms with van der Waals surface area (Å²) in [7, 11) is 1.61. The molecule has 1 amide bonds. The molecule has 0 fully saturated rings. The zero-order chi connectivity index (χ0) is 23.2. The summed E-state index contributed by atoms with van der Waals surface area (Å²) >= 11 is 5.98. The van der Waals surface area contributed by atoms with Crippen LogP contribution in [0.2, 0.25) is 5.02 Å². The van der Waals surface area contributed by atoms with Crippen molar-refractivity contribution in [2.45, 2.75) is 6.92 Å². The van der Waals surface area contributed by atoms with Gasteiger partial charge in [-0.1, -0.05) is 47.5 Å². The predicted octanol–water partition coefficient (Wildman–Crippen LogP) is 5.17. The number of carbonyl (C=O) groups is 1. The third-order valence-electron chi connectivity index (χ3n) is 4.87. The van der Waals surface area contributed by atoms with Gasteiger partial charge in [-0.25, -0.2) is 4.68 Å². The lowest BCUT2D eigenvalue weighted by Gasteiger charge is -2.09. The first-order valence-electron chi connectivity index (χ1n) is 10.4. The van der Waals surface area contributed by atoms with Gasteiger partial charge in [-0.05, 0) is 49.4 Å². The van der Waals surface area contributed by atoms with Gasteiger partial charge < -0.3 is 14.8 Å². The van der Waals surface area contributed by atoms with Crippen molar-refractivity contribution >= 4 is 23.2 Å². The molecule has 4 aromatic rings. The maximum atomic E-state index is 12.5. The van der Waals surface area contributed by atoms with Crippen molar-refractivity contribution in [2.75, 3.05) is 25.6 Å². The number of carbonyl (C=O) groups excluding carboxylic acids is 1. The normalized spacial score (nSPS) is 10.8. The monoisotopic (exact) mass is 462 g/mol. The Morgan fingerprint density at radius 1 is 1.03 bits per heavy atom. The standard InChI is InChI=1S/C25H23ClN4O3/c1-17-6-8-18(9-7-17)23-28-25(33-15-14-32-2)29-30(23)22-12-10-21(11-13-22)27-24(31)19-4-3-5-20(26)16-19/h3-13,16H,14-15H2,1-2H3,(H,27,31). The average Bonchev–Trinajstić information content (AvgIpc) is 3.24. The Labute approximate surface area is 196 Å². The number of aromatic nitrogens is 3. The van der Waals surface area contributed by atoms with Crippen molar-refractivity contribution < 1.29 is 14.3 Å². The van der Waals surface area contributed by atoms with Crippen LogP contribution in [0.3, 0.4) is 0 Å². The molecule has 1 N–H and O–H groups in total. The van der Waals surface area contributed by atoms with E-state index < -0.39 is 0 Å². The smallest absolute Gasteiger partial charge is 0.336 e. The Bertz CT molecular complexity index is 1240. The third-order valence-corrected chi connectivity index (χ3v) is 5.11. The minimum Gasteiger partial charge on any atom is -0.460 e. The molecule has 1 heterocycles. The number of aryl methyl sites for hydroxylation is 1. The molecule has 0 atom stereocenters. The van der Waals surface area contributed by atoms with E-state index in [4.69, 9.17) is 21.1 Å². The number of nitrogens with zero attached hydrogens (tertiary/aromatic N) is 3. The molecule has 33 heavy (non-hydrogen) atoms. The number of benzene rings is 3. The van der Waals surface area contributed by atoms with E-state index in [1.54, 1.807) is 36.1 Å². The van der Waals surface area contributed by atoms with Crippen LogP contribution in [0.5, 0.6) is 6.01 Å². The summed E-state index contributed by atoms with van der Waals surface area (Å²) in [6.07, 6.45) is 0. The van der Waals surface area contributed by atoms with Crippen molar-refractivity contribution in [3.8, 4) is 23.1 Å². The second-order valence-corrected chi connectivity index (χ2v) is 7.78. The van der Waals surface area contributed by atoms with Gasteiger partial charge >= 0.3 is 6.01 Å². The first kappa shape index (κ1) is 22.5.